The molecule has 1 atom stereocenters. The maximum Gasteiger partial charge on any atom is 0.254 e. The molecule has 0 fully saturated rings. The number of fused-ring (bicyclic) bond motifs is 1. The number of para-hydroxylation sites is 2. The van der Waals surface area contributed by atoms with Gasteiger partial charge in [-0.25, -0.2) is 9.97 Å². The quantitative estimate of drug-likeness (QED) is 0.700. The zero-order valence-electron chi connectivity index (χ0n) is 16.6. The Bertz CT molecular complexity index is 1000. The van der Waals surface area contributed by atoms with E-state index in [-0.39, 0.29) is 11.9 Å². The van der Waals surface area contributed by atoms with Gasteiger partial charge in [0.25, 0.3) is 5.91 Å². The number of ether oxygens (including phenoxy) is 1. The topological polar surface area (TPSA) is 67.3 Å². The summed E-state index contributed by atoms with van der Waals surface area (Å²) in [4.78, 5) is 23.5. The van der Waals surface area contributed by atoms with E-state index in [0.717, 1.165) is 23.4 Å². The van der Waals surface area contributed by atoms with Gasteiger partial charge < -0.3 is 15.0 Å². The van der Waals surface area contributed by atoms with Crippen LogP contribution in [0.15, 0.2) is 60.9 Å². The summed E-state index contributed by atoms with van der Waals surface area (Å²) in [5.41, 5.74) is 3.94. The smallest absolute Gasteiger partial charge is 0.254 e. The summed E-state index contributed by atoms with van der Waals surface area (Å²) >= 11 is 0. The summed E-state index contributed by atoms with van der Waals surface area (Å²) in [7, 11) is 1.65. The van der Waals surface area contributed by atoms with Gasteiger partial charge in [-0.3, -0.25) is 4.79 Å². The Kier molecular flexibility index (Phi) is 5.42. The number of aromatic nitrogens is 2. The number of hydrogen-bond donors (Lipinski definition) is 1. The average Bonchev–Trinajstić information content (AvgIpc) is 3.09. The summed E-state index contributed by atoms with van der Waals surface area (Å²) in [6.07, 6.45) is 4.84. The lowest BCUT2D eigenvalue weighted by molar-refractivity contribution is 0.0953. The lowest BCUT2D eigenvalue weighted by atomic mass is 10.1. The molecule has 6 nitrogen and oxygen atoms in total. The highest BCUT2D eigenvalue weighted by atomic mass is 16.5. The first-order valence-electron chi connectivity index (χ1n) is 9.76. The van der Waals surface area contributed by atoms with Gasteiger partial charge in [-0.1, -0.05) is 36.4 Å². The minimum Gasteiger partial charge on any atom is -0.496 e. The SMILES string of the molecule is COc1ccccc1CCNC(=O)c1cnc(N2c3ccccc3CC2C)nc1. The van der Waals surface area contributed by atoms with Crippen LogP contribution in [0.2, 0.25) is 0 Å². The van der Waals surface area contributed by atoms with Gasteiger partial charge in [-0.2, -0.15) is 0 Å². The van der Waals surface area contributed by atoms with Crippen LogP contribution in [-0.4, -0.2) is 35.6 Å². The van der Waals surface area contributed by atoms with Crippen molar-refractivity contribution < 1.29 is 9.53 Å². The number of benzene rings is 2. The second-order valence-corrected chi connectivity index (χ2v) is 7.14. The van der Waals surface area contributed by atoms with Crippen molar-refractivity contribution in [2.45, 2.75) is 25.8 Å². The van der Waals surface area contributed by atoms with Crippen LogP contribution in [0.4, 0.5) is 11.6 Å². The fourth-order valence-corrected chi connectivity index (χ4v) is 3.76. The van der Waals surface area contributed by atoms with Gasteiger partial charge in [-0.05, 0) is 43.0 Å². The van der Waals surface area contributed by atoms with Gasteiger partial charge in [0.1, 0.15) is 5.75 Å². The van der Waals surface area contributed by atoms with Gasteiger partial charge in [0.05, 0.1) is 12.7 Å². The van der Waals surface area contributed by atoms with E-state index in [2.05, 4.69) is 39.2 Å². The Hall–Kier alpha value is -3.41. The first-order chi connectivity index (χ1) is 14.2. The standard InChI is InChI=1S/C23H24N4O2/c1-16-13-18-8-3-5-9-20(18)27(16)23-25-14-19(15-26-23)22(28)24-12-11-17-7-4-6-10-21(17)29-2/h3-10,14-16H,11-13H2,1-2H3,(H,24,28). The number of rotatable bonds is 6. The zero-order chi connectivity index (χ0) is 20.2. The molecule has 0 bridgehead atoms. The molecule has 6 heteroatoms. The Morgan fingerprint density at radius 1 is 1.14 bits per heavy atom. The average molecular weight is 388 g/mol. The van der Waals surface area contributed by atoms with Crippen LogP contribution < -0.4 is 15.0 Å². The molecular weight excluding hydrogens is 364 g/mol. The molecule has 0 saturated heterocycles. The van der Waals surface area contributed by atoms with Crippen molar-refractivity contribution in [2.75, 3.05) is 18.6 Å². The number of carbonyl (C=O) groups excluding carboxylic acids is 1. The molecule has 0 saturated carbocycles. The number of hydrogen-bond acceptors (Lipinski definition) is 5. The van der Waals surface area contributed by atoms with Gasteiger partial charge in [0.15, 0.2) is 0 Å². The lowest BCUT2D eigenvalue weighted by Gasteiger charge is -2.22. The third kappa shape index (κ3) is 3.92. The minimum absolute atomic E-state index is 0.179. The second-order valence-electron chi connectivity index (χ2n) is 7.14. The fraction of sp³-hybridized carbons (Fsp3) is 0.261. The third-order valence-corrected chi connectivity index (χ3v) is 5.20. The summed E-state index contributed by atoms with van der Waals surface area (Å²) in [6.45, 7) is 2.67. The summed E-state index contributed by atoms with van der Waals surface area (Å²) in [5.74, 6) is 1.27. The molecule has 0 spiro atoms. The van der Waals surface area contributed by atoms with Gasteiger partial charge in [0, 0.05) is 30.7 Å². The lowest BCUT2D eigenvalue weighted by Crippen LogP contribution is -2.28. The van der Waals surface area contributed by atoms with Crippen LogP contribution in [0.5, 0.6) is 5.75 Å². The number of nitrogens with one attached hydrogen (secondary N) is 1. The molecule has 1 amide bonds. The van der Waals surface area contributed by atoms with Crippen LogP contribution in [0, 0.1) is 0 Å². The van der Waals surface area contributed by atoms with Crippen LogP contribution in [0.3, 0.4) is 0 Å². The molecule has 0 aliphatic carbocycles. The fourth-order valence-electron chi connectivity index (χ4n) is 3.76. The number of nitrogens with zero attached hydrogens (tertiary/aromatic N) is 3. The van der Waals surface area contributed by atoms with E-state index in [1.807, 2.05) is 36.4 Å². The number of methoxy groups -OCH3 is 1. The molecule has 3 aromatic rings. The first-order valence-corrected chi connectivity index (χ1v) is 9.76. The van der Waals surface area contributed by atoms with Crippen molar-refractivity contribution in [3.63, 3.8) is 0 Å². The highest BCUT2D eigenvalue weighted by molar-refractivity contribution is 5.93. The molecule has 1 aromatic heterocycles. The Labute approximate surface area is 170 Å². The predicted octanol–water partition coefficient (Wildman–Crippen LogP) is 3.54. The van der Waals surface area contributed by atoms with E-state index < -0.39 is 0 Å². The highest BCUT2D eigenvalue weighted by Gasteiger charge is 2.28. The van der Waals surface area contributed by atoms with Gasteiger partial charge >= 0.3 is 0 Å². The molecule has 2 aromatic carbocycles. The van der Waals surface area contributed by atoms with E-state index >= 15 is 0 Å². The van der Waals surface area contributed by atoms with Crippen LogP contribution >= 0.6 is 0 Å². The molecule has 1 aliphatic heterocycles. The maximum atomic E-state index is 12.4. The Balaban J connectivity index is 1.40. The van der Waals surface area contributed by atoms with Gasteiger partial charge in [0.2, 0.25) is 5.95 Å². The minimum atomic E-state index is -0.179. The van der Waals surface area contributed by atoms with E-state index in [1.54, 1.807) is 19.5 Å². The van der Waals surface area contributed by atoms with Crippen LogP contribution in [0.25, 0.3) is 0 Å². The van der Waals surface area contributed by atoms with E-state index in [9.17, 15) is 4.79 Å². The van der Waals surface area contributed by atoms with Crippen LogP contribution in [0.1, 0.15) is 28.4 Å². The van der Waals surface area contributed by atoms with E-state index in [1.165, 1.54) is 5.56 Å². The van der Waals surface area contributed by atoms with Crippen molar-refractivity contribution in [3.8, 4) is 5.75 Å². The molecule has 29 heavy (non-hydrogen) atoms. The molecule has 1 unspecified atom stereocenters. The van der Waals surface area contributed by atoms with Crippen molar-refractivity contribution in [1.29, 1.82) is 0 Å². The van der Waals surface area contributed by atoms with Crippen molar-refractivity contribution in [3.05, 3.63) is 77.6 Å². The molecule has 1 N–H and O–H groups in total. The highest BCUT2D eigenvalue weighted by Crippen LogP contribution is 2.36. The largest absolute Gasteiger partial charge is 0.496 e. The Morgan fingerprint density at radius 3 is 2.66 bits per heavy atom. The van der Waals surface area contributed by atoms with Gasteiger partial charge in [-0.15, -0.1) is 0 Å². The second kappa shape index (κ2) is 8.31. The predicted molar refractivity (Wildman–Crippen MR) is 113 cm³/mol. The normalized spacial score (nSPS) is 15.1. The number of amides is 1. The first kappa shape index (κ1) is 18.9. The van der Waals surface area contributed by atoms with Crippen LogP contribution in [-0.2, 0) is 12.8 Å². The van der Waals surface area contributed by atoms with E-state index in [0.29, 0.717) is 24.5 Å². The number of carbonyl (C=O) groups is 1. The summed E-state index contributed by atoms with van der Waals surface area (Å²) in [6, 6.07) is 16.4. The molecule has 0 radical (unpaired) electrons. The molecule has 148 valence electrons. The maximum absolute atomic E-state index is 12.4. The summed E-state index contributed by atoms with van der Waals surface area (Å²) < 4.78 is 5.35. The van der Waals surface area contributed by atoms with Crippen molar-refractivity contribution in [2.24, 2.45) is 0 Å². The number of anilines is 2. The summed E-state index contributed by atoms with van der Waals surface area (Å²) in [5, 5.41) is 2.92. The third-order valence-electron chi connectivity index (χ3n) is 5.20. The molecular formula is C23H24N4O2. The zero-order valence-corrected chi connectivity index (χ0v) is 16.6. The van der Waals surface area contributed by atoms with E-state index in [4.69, 9.17) is 4.74 Å². The monoisotopic (exact) mass is 388 g/mol. The molecule has 2 heterocycles. The van der Waals surface area contributed by atoms with Crippen molar-refractivity contribution in [1.82, 2.24) is 15.3 Å². The molecule has 1 aliphatic rings. The molecule has 4 rings (SSSR count). The van der Waals surface area contributed by atoms with Crippen molar-refractivity contribution >= 4 is 17.5 Å². The Morgan fingerprint density at radius 2 is 1.86 bits per heavy atom.